The number of aryl methyl sites for hydroxylation is 2. The third-order valence-electron chi connectivity index (χ3n) is 1.48. The Hall–Kier alpha value is -0.830. The molecule has 11 heavy (non-hydrogen) atoms. The fraction of sp³-hybridized carbons (Fsp3) is 0.375. The van der Waals surface area contributed by atoms with Gasteiger partial charge in [0.15, 0.2) is 0 Å². The second-order valence-corrected chi connectivity index (χ2v) is 2.94. The topological polar surface area (TPSA) is 30.2 Å². The van der Waals surface area contributed by atoms with Gasteiger partial charge in [-0.15, -0.1) is 0 Å². The van der Waals surface area contributed by atoms with Gasteiger partial charge in [0.05, 0.1) is 0 Å². The van der Waals surface area contributed by atoms with Crippen LogP contribution < -0.4 is 0 Å². The first-order chi connectivity index (χ1) is 5.09. The van der Waals surface area contributed by atoms with Crippen molar-refractivity contribution in [2.24, 2.45) is 0 Å². The second kappa shape index (κ2) is 3.05. The van der Waals surface area contributed by atoms with Gasteiger partial charge < -0.3 is 21.8 Å². The van der Waals surface area contributed by atoms with Crippen molar-refractivity contribution >= 4 is 17.7 Å². The van der Waals surface area contributed by atoms with E-state index in [9.17, 15) is 4.79 Å². The number of rotatable bonds is 2. The zero-order valence-electron chi connectivity index (χ0n) is 6.51. The standard InChI is InChI=1S/C8H10O2S/c1-5-3-7(4-8(9)11)6(2)10-5/h3H,4H2,1-2H3,(H,9,11)/p-1. The van der Waals surface area contributed by atoms with Crippen LogP contribution in [0.3, 0.4) is 0 Å². The Balaban J connectivity index is 2.85. The number of furan rings is 1. The highest BCUT2D eigenvalue weighted by Crippen LogP contribution is 2.13. The molecule has 0 bridgehead atoms. The van der Waals surface area contributed by atoms with E-state index in [1.54, 1.807) is 0 Å². The Kier molecular flexibility index (Phi) is 2.29. The molecule has 1 aromatic rings. The van der Waals surface area contributed by atoms with Gasteiger partial charge in [-0.3, -0.25) is 0 Å². The van der Waals surface area contributed by atoms with E-state index in [0.717, 1.165) is 17.1 Å². The van der Waals surface area contributed by atoms with Crippen molar-refractivity contribution in [2.45, 2.75) is 20.3 Å². The molecule has 0 spiro atoms. The van der Waals surface area contributed by atoms with E-state index in [2.05, 4.69) is 12.6 Å². The van der Waals surface area contributed by atoms with Gasteiger partial charge in [0, 0.05) is 11.5 Å². The Morgan fingerprint density at radius 1 is 1.64 bits per heavy atom. The molecule has 0 saturated carbocycles. The summed E-state index contributed by atoms with van der Waals surface area (Å²) in [7, 11) is 0. The van der Waals surface area contributed by atoms with Gasteiger partial charge in [-0.05, 0) is 25.5 Å². The number of carbonyl (C=O) groups excluding carboxylic acids is 1. The van der Waals surface area contributed by atoms with E-state index in [1.807, 2.05) is 19.9 Å². The second-order valence-electron chi connectivity index (χ2n) is 2.49. The van der Waals surface area contributed by atoms with Crippen LogP contribution in [0, 0.1) is 13.8 Å². The minimum absolute atomic E-state index is 0.242. The molecule has 0 fully saturated rings. The molecule has 0 aliphatic rings. The number of carbonyl (C=O) groups is 1. The molecule has 0 atom stereocenters. The van der Waals surface area contributed by atoms with Crippen molar-refractivity contribution in [3.63, 3.8) is 0 Å². The minimum atomic E-state index is -0.242. The highest BCUT2D eigenvalue weighted by atomic mass is 32.1. The average Bonchev–Trinajstić information content (AvgIpc) is 2.09. The summed E-state index contributed by atoms with van der Waals surface area (Å²) >= 11 is 4.45. The lowest BCUT2D eigenvalue weighted by Crippen LogP contribution is -1.96. The summed E-state index contributed by atoms with van der Waals surface area (Å²) in [6.07, 6.45) is 0.304. The Morgan fingerprint density at radius 3 is 2.64 bits per heavy atom. The van der Waals surface area contributed by atoms with Crippen LogP contribution in [0.25, 0.3) is 0 Å². The Labute approximate surface area is 71.0 Å². The molecular weight excluding hydrogens is 160 g/mol. The van der Waals surface area contributed by atoms with Crippen LogP contribution in [0.4, 0.5) is 0 Å². The van der Waals surface area contributed by atoms with Gasteiger partial charge in [-0.1, -0.05) is 0 Å². The summed E-state index contributed by atoms with van der Waals surface area (Å²) in [5.74, 6) is 1.62. The molecule has 1 heterocycles. The van der Waals surface area contributed by atoms with E-state index < -0.39 is 0 Å². The third kappa shape index (κ3) is 2.05. The summed E-state index contributed by atoms with van der Waals surface area (Å²) in [6, 6.07) is 1.85. The molecule has 0 saturated heterocycles. The summed E-state index contributed by atoms with van der Waals surface area (Å²) in [4.78, 5) is 10.5. The fourth-order valence-corrected chi connectivity index (χ4v) is 1.17. The predicted octanol–water partition coefficient (Wildman–Crippen LogP) is 1.51. The predicted molar refractivity (Wildman–Crippen MR) is 44.3 cm³/mol. The fourth-order valence-electron chi connectivity index (χ4n) is 1.01. The van der Waals surface area contributed by atoms with Crippen LogP contribution in [0.2, 0.25) is 0 Å². The van der Waals surface area contributed by atoms with Gasteiger partial charge >= 0.3 is 0 Å². The SMILES string of the molecule is Cc1cc(CC(=O)[S-])c(C)o1. The highest BCUT2D eigenvalue weighted by molar-refractivity contribution is 7.77. The maximum atomic E-state index is 10.5. The first-order valence-electron chi connectivity index (χ1n) is 3.35. The molecule has 2 nitrogen and oxygen atoms in total. The first kappa shape index (κ1) is 8.27. The Bertz CT molecular complexity index is 276. The number of hydrogen-bond acceptors (Lipinski definition) is 3. The van der Waals surface area contributed by atoms with Crippen molar-refractivity contribution in [1.82, 2.24) is 0 Å². The van der Waals surface area contributed by atoms with Crippen LogP contribution in [0.1, 0.15) is 17.1 Å². The largest absolute Gasteiger partial charge is 0.742 e. The van der Waals surface area contributed by atoms with E-state index in [1.165, 1.54) is 0 Å². The van der Waals surface area contributed by atoms with Crippen molar-refractivity contribution in [3.8, 4) is 0 Å². The summed E-state index contributed by atoms with van der Waals surface area (Å²) < 4.78 is 5.22. The molecule has 0 aliphatic carbocycles. The van der Waals surface area contributed by atoms with E-state index >= 15 is 0 Å². The van der Waals surface area contributed by atoms with Crippen LogP contribution in [0.5, 0.6) is 0 Å². The van der Waals surface area contributed by atoms with Crippen molar-refractivity contribution in [1.29, 1.82) is 0 Å². The molecule has 0 unspecified atom stereocenters. The smallest absolute Gasteiger partial charge is 0.104 e. The quantitative estimate of drug-likeness (QED) is 0.629. The highest BCUT2D eigenvalue weighted by Gasteiger charge is 2.03. The lowest BCUT2D eigenvalue weighted by atomic mass is 10.2. The average molecular weight is 169 g/mol. The molecule has 0 N–H and O–H groups in total. The molecule has 0 aliphatic heterocycles. The van der Waals surface area contributed by atoms with Gasteiger partial charge in [0.2, 0.25) is 0 Å². The van der Waals surface area contributed by atoms with Crippen LogP contribution in [-0.2, 0) is 23.8 Å². The van der Waals surface area contributed by atoms with Crippen molar-refractivity contribution < 1.29 is 9.21 Å². The molecule has 3 heteroatoms. The van der Waals surface area contributed by atoms with Crippen molar-refractivity contribution in [2.75, 3.05) is 0 Å². The van der Waals surface area contributed by atoms with E-state index in [0.29, 0.717) is 6.42 Å². The van der Waals surface area contributed by atoms with Crippen molar-refractivity contribution in [3.05, 3.63) is 23.2 Å². The zero-order chi connectivity index (χ0) is 8.43. The van der Waals surface area contributed by atoms with Gasteiger partial charge in [0.25, 0.3) is 0 Å². The van der Waals surface area contributed by atoms with E-state index in [-0.39, 0.29) is 5.12 Å². The molecule has 0 aromatic carbocycles. The molecule has 0 amide bonds. The van der Waals surface area contributed by atoms with Gasteiger partial charge in [-0.2, -0.15) is 0 Å². The maximum absolute atomic E-state index is 10.5. The number of hydrogen-bond donors (Lipinski definition) is 0. The monoisotopic (exact) mass is 169 g/mol. The lowest BCUT2D eigenvalue weighted by Gasteiger charge is -2.00. The zero-order valence-corrected chi connectivity index (χ0v) is 7.33. The summed E-state index contributed by atoms with van der Waals surface area (Å²) in [5.41, 5.74) is 0.905. The molecule has 0 radical (unpaired) electrons. The summed E-state index contributed by atoms with van der Waals surface area (Å²) in [6.45, 7) is 3.69. The van der Waals surface area contributed by atoms with Gasteiger partial charge in [-0.25, -0.2) is 0 Å². The molecule has 1 rings (SSSR count). The van der Waals surface area contributed by atoms with Gasteiger partial charge in [0.1, 0.15) is 11.5 Å². The van der Waals surface area contributed by atoms with Crippen LogP contribution in [0.15, 0.2) is 10.5 Å². The van der Waals surface area contributed by atoms with Crippen LogP contribution >= 0.6 is 0 Å². The van der Waals surface area contributed by atoms with Crippen LogP contribution in [-0.4, -0.2) is 5.12 Å². The summed E-state index contributed by atoms with van der Waals surface area (Å²) in [5, 5.41) is -0.242. The maximum Gasteiger partial charge on any atom is 0.104 e. The molecule has 1 aromatic heterocycles. The molecule has 60 valence electrons. The normalized spacial score (nSPS) is 10.0. The Morgan fingerprint density at radius 2 is 2.27 bits per heavy atom. The minimum Gasteiger partial charge on any atom is -0.742 e. The third-order valence-corrected chi connectivity index (χ3v) is 1.62. The lowest BCUT2D eigenvalue weighted by molar-refractivity contribution is -0.110. The molecular formula is C8H9O2S-. The first-order valence-corrected chi connectivity index (χ1v) is 3.76. The van der Waals surface area contributed by atoms with E-state index in [4.69, 9.17) is 4.42 Å².